The number of fused-ring (bicyclic) bond motifs is 3. The summed E-state index contributed by atoms with van der Waals surface area (Å²) in [5.74, 6) is 1.48. The van der Waals surface area contributed by atoms with Gasteiger partial charge in [0.15, 0.2) is 5.82 Å². The smallest absolute Gasteiger partial charge is 0.254 e. The molecule has 2 aromatic heterocycles. The molecule has 4 aromatic rings. The molecule has 0 spiro atoms. The van der Waals surface area contributed by atoms with E-state index in [1.165, 1.54) is 25.0 Å². The largest absolute Gasteiger partial charge is 0.494 e. The van der Waals surface area contributed by atoms with Gasteiger partial charge in [-0.15, -0.1) is 0 Å². The Morgan fingerprint density at radius 1 is 1.17 bits per heavy atom. The average molecular weight is 479 g/mol. The molecule has 2 aromatic carbocycles. The molecular formula is C27H28F2N4O2. The lowest BCUT2D eigenvalue weighted by Gasteiger charge is -2.28. The third-order valence-corrected chi connectivity index (χ3v) is 7.34. The number of aryl methyl sites for hydroxylation is 1. The third-order valence-electron chi connectivity index (χ3n) is 7.34. The number of alkyl halides is 1. The second-order valence-electron chi connectivity index (χ2n) is 9.71. The van der Waals surface area contributed by atoms with Gasteiger partial charge in [-0.05, 0) is 61.4 Å². The van der Waals surface area contributed by atoms with Gasteiger partial charge in [-0.25, -0.2) is 9.37 Å². The number of aromatic nitrogens is 3. The maximum Gasteiger partial charge on any atom is 0.254 e. The van der Waals surface area contributed by atoms with Crippen LogP contribution in [-0.2, 0) is 20.0 Å². The maximum absolute atomic E-state index is 14.3. The molecule has 2 aliphatic rings. The number of amides is 1. The quantitative estimate of drug-likeness (QED) is 0.371. The summed E-state index contributed by atoms with van der Waals surface area (Å²) in [7, 11) is 3.54. The van der Waals surface area contributed by atoms with Crippen LogP contribution in [0.1, 0.15) is 35.2 Å². The van der Waals surface area contributed by atoms with Crippen LogP contribution >= 0.6 is 0 Å². The van der Waals surface area contributed by atoms with Crippen LogP contribution in [0.2, 0.25) is 0 Å². The minimum absolute atomic E-state index is 0.0585. The Kier molecular flexibility index (Phi) is 5.27. The standard InChI is InChI=1S/C27H28F2N4O2/c1-31-22-11-17-6-9-32(8-3-7-28)27(34)20(17)14-21(22)30-26(31)23-12-18-10-19(29)13-24(35-2)25(18)33(23)15-16-4-5-16/h10-14,16H,3-9,15H2,1-2H3. The molecule has 0 saturated heterocycles. The molecule has 0 unspecified atom stereocenters. The van der Waals surface area contributed by atoms with Gasteiger partial charge < -0.3 is 18.8 Å². The first kappa shape index (κ1) is 22.1. The highest BCUT2D eigenvalue weighted by atomic mass is 19.1. The number of carbonyl (C=O) groups excluding carboxylic acids is 1. The zero-order chi connectivity index (χ0) is 24.3. The van der Waals surface area contributed by atoms with Crippen molar-refractivity contribution in [3.63, 3.8) is 0 Å². The molecular weight excluding hydrogens is 450 g/mol. The second kappa shape index (κ2) is 8.36. The Labute approximate surface area is 202 Å². The molecule has 1 amide bonds. The molecule has 1 aliphatic carbocycles. The van der Waals surface area contributed by atoms with Gasteiger partial charge in [0.1, 0.15) is 11.6 Å². The van der Waals surface area contributed by atoms with E-state index in [1.54, 1.807) is 12.0 Å². The maximum atomic E-state index is 14.3. The lowest BCUT2D eigenvalue weighted by Crippen LogP contribution is -2.38. The Morgan fingerprint density at radius 2 is 2.00 bits per heavy atom. The first-order valence-electron chi connectivity index (χ1n) is 12.2. The Hall–Kier alpha value is -3.42. The number of imidazole rings is 1. The van der Waals surface area contributed by atoms with Gasteiger partial charge in [0.05, 0.1) is 36.0 Å². The van der Waals surface area contributed by atoms with Gasteiger partial charge in [0, 0.05) is 43.7 Å². The molecule has 3 heterocycles. The summed E-state index contributed by atoms with van der Waals surface area (Å²) in [5, 5.41) is 0.780. The van der Waals surface area contributed by atoms with Crippen molar-refractivity contribution in [2.24, 2.45) is 13.0 Å². The van der Waals surface area contributed by atoms with Crippen LogP contribution in [0, 0.1) is 11.7 Å². The monoisotopic (exact) mass is 478 g/mol. The molecule has 182 valence electrons. The van der Waals surface area contributed by atoms with Crippen LogP contribution in [0.3, 0.4) is 0 Å². The van der Waals surface area contributed by atoms with Gasteiger partial charge in [-0.3, -0.25) is 9.18 Å². The Bertz CT molecular complexity index is 1470. The predicted octanol–water partition coefficient (Wildman–Crippen LogP) is 5.11. The summed E-state index contributed by atoms with van der Waals surface area (Å²) < 4.78 is 36.8. The fourth-order valence-corrected chi connectivity index (χ4v) is 5.34. The summed E-state index contributed by atoms with van der Waals surface area (Å²) >= 11 is 0. The number of rotatable bonds is 7. The van der Waals surface area contributed by atoms with E-state index in [-0.39, 0.29) is 11.7 Å². The molecule has 0 radical (unpaired) electrons. The number of benzene rings is 2. The number of hydrogen-bond acceptors (Lipinski definition) is 3. The highest BCUT2D eigenvalue weighted by Gasteiger charge is 2.29. The Morgan fingerprint density at radius 3 is 2.74 bits per heavy atom. The lowest BCUT2D eigenvalue weighted by atomic mass is 9.98. The van der Waals surface area contributed by atoms with Crippen LogP contribution in [0.4, 0.5) is 8.78 Å². The summed E-state index contributed by atoms with van der Waals surface area (Å²) in [6.45, 7) is 1.42. The molecule has 0 N–H and O–H groups in total. The first-order valence-corrected chi connectivity index (χ1v) is 12.2. The number of hydrogen-bond donors (Lipinski definition) is 0. The van der Waals surface area contributed by atoms with Gasteiger partial charge in [0.25, 0.3) is 5.91 Å². The van der Waals surface area contributed by atoms with Gasteiger partial charge >= 0.3 is 0 Å². The Balaban J connectivity index is 1.50. The van der Waals surface area contributed by atoms with E-state index in [4.69, 9.17) is 9.72 Å². The van der Waals surface area contributed by atoms with E-state index in [0.717, 1.165) is 52.0 Å². The van der Waals surface area contributed by atoms with Crippen molar-refractivity contribution in [3.05, 3.63) is 47.3 Å². The zero-order valence-corrected chi connectivity index (χ0v) is 20.0. The topological polar surface area (TPSA) is 52.3 Å². The third kappa shape index (κ3) is 3.66. The minimum atomic E-state index is -0.428. The average Bonchev–Trinajstić information content (AvgIpc) is 3.53. The number of ether oxygens (including phenoxy) is 1. The minimum Gasteiger partial charge on any atom is -0.494 e. The molecule has 0 bridgehead atoms. The van der Waals surface area contributed by atoms with Crippen molar-refractivity contribution in [2.75, 3.05) is 26.9 Å². The summed E-state index contributed by atoms with van der Waals surface area (Å²) in [6, 6.07) is 8.87. The molecule has 1 aliphatic heterocycles. The number of carbonyl (C=O) groups is 1. The molecule has 6 nitrogen and oxygen atoms in total. The summed E-state index contributed by atoms with van der Waals surface area (Å²) in [6.07, 6.45) is 3.45. The van der Waals surface area contributed by atoms with Gasteiger partial charge in [0.2, 0.25) is 0 Å². The van der Waals surface area contributed by atoms with Crippen molar-refractivity contribution >= 4 is 27.8 Å². The lowest BCUT2D eigenvalue weighted by molar-refractivity contribution is 0.0735. The molecule has 6 rings (SSSR count). The van der Waals surface area contributed by atoms with E-state index in [0.29, 0.717) is 36.7 Å². The predicted molar refractivity (Wildman–Crippen MR) is 131 cm³/mol. The number of nitrogens with zero attached hydrogens (tertiary/aromatic N) is 4. The SMILES string of the molecule is COc1cc(F)cc2cc(-c3nc4cc5c(cc4n3C)CCN(CCCF)C5=O)n(CC3CC3)c12. The molecule has 8 heteroatoms. The van der Waals surface area contributed by atoms with Crippen molar-refractivity contribution < 1.29 is 18.3 Å². The van der Waals surface area contributed by atoms with E-state index in [1.807, 2.05) is 19.2 Å². The number of methoxy groups -OCH3 is 1. The molecule has 0 atom stereocenters. The van der Waals surface area contributed by atoms with Crippen molar-refractivity contribution in [1.29, 1.82) is 0 Å². The molecule has 1 saturated carbocycles. The highest BCUT2D eigenvalue weighted by Crippen LogP contribution is 2.39. The van der Waals surface area contributed by atoms with E-state index in [9.17, 15) is 13.6 Å². The highest BCUT2D eigenvalue weighted by molar-refractivity contribution is 6.00. The van der Waals surface area contributed by atoms with Gasteiger partial charge in [-0.1, -0.05) is 0 Å². The van der Waals surface area contributed by atoms with Gasteiger partial charge in [-0.2, -0.15) is 0 Å². The van der Waals surface area contributed by atoms with E-state index < -0.39 is 6.67 Å². The molecule has 1 fully saturated rings. The summed E-state index contributed by atoms with van der Waals surface area (Å²) in [5.41, 5.74) is 5.11. The van der Waals surface area contributed by atoms with Crippen molar-refractivity contribution in [1.82, 2.24) is 19.0 Å². The van der Waals surface area contributed by atoms with Crippen LogP contribution in [0.5, 0.6) is 5.75 Å². The van der Waals surface area contributed by atoms with Crippen LogP contribution in [0.25, 0.3) is 33.5 Å². The molecule has 35 heavy (non-hydrogen) atoms. The normalized spacial score (nSPS) is 15.9. The van der Waals surface area contributed by atoms with Crippen molar-refractivity contribution in [2.45, 2.75) is 32.2 Å². The second-order valence-corrected chi connectivity index (χ2v) is 9.71. The zero-order valence-electron chi connectivity index (χ0n) is 20.0. The van der Waals surface area contributed by atoms with E-state index in [2.05, 4.69) is 15.2 Å². The number of halogens is 2. The first-order chi connectivity index (χ1) is 17.0. The van der Waals surface area contributed by atoms with E-state index >= 15 is 0 Å². The van der Waals surface area contributed by atoms with Crippen LogP contribution < -0.4 is 4.74 Å². The van der Waals surface area contributed by atoms with Crippen LogP contribution in [-0.4, -0.2) is 51.8 Å². The van der Waals surface area contributed by atoms with Crippen LogP contribution in [0.15, 0.2) is 30.3 Å². The fraction of sp³-hybridized carbons (Fsp3) is 0.407. The fourth-order valence-electron chi connectivity index (χ4n) is 5.34. The summed E-state index contributed by atoms with van der Waals surface area (Å²) in [4.78, 5) is 19.7. The van der Waals surface area contributed by atoms with Crippen molar-refractivity contribution in [3.8, 4) is 17.3 Å².